The molecule has 0 spiro atoms. The Morgan fingerprint density at radius 3 is 2.35 bits per heavy atom. The molecule has 0 saturated carbocycles. The zero-order valence-corrected chi connectivity index (χ0v) is 10.7. The first-order valence-corrected chi connectivity index (χ1v) is 5.95. The Labute approximate surface area is 115 Å². The van der Waals surface area contributed by atoms with Crippen molar-refractivity contribution in [2.45, 2.75) is 6.42 Å². The number of nitrogen functional groups attached to an aromatic ring is 1. The second-order valence-corrected chi connectivity index (χ2v) is 4.25. The van der Waals surface area contributed by atoms with Gasteiger partial charge in [-0.15, -0.1) is 0 Å². The monoisotopic (exact) mass is 270 g/mol. The molecule has 0 atom stereocenters. The van der Waals surface area contributed by atoms with Crippen LogP contribution >= 0.6 is 0 Å². The zero-order valence-electron chi connectivity index (χ0n) is 10.7. The van der Waals surface area contributed by atoms with Gasteiger partial charge in [0, 0.05) is 16.9 Å². The van der Waals surface area contributed by atoms with Gasteiger partial charge in [0.25, 0.3) is 0 Å². The second-order valence-electron chi connectivity index (χ2n) is 4.25. The van der Waals surface area contributed by atoms with Crippen LogP contribution < -0.4 is 16.8 Å². The molecule has 0 bridgehead atoms. The lowest BCUT2D eigenvalue weighted by atomic mass is 10.2. The van der Waals surface area contributed by atoms with E-state index in [2.05, 4.69) is 10.3 Å². The molecule has 0 aliphatic rings. The van der Waals surface area contributed by atoms with Crippen molar-refractivity contribution < 1.29 is 9.59 Å². The number of nitrogens with zero attached hydrogens (tertiary/aromatic N) is 1. The molecule has 0 aliphatic carbocycles. The van der Waals surface area contributed by atoms with Crippen molar-refractivity contribution in [3.05, 3.63) is 53.9 Å². The number of amides is 2. The lowest BCUT2D eigenvalue weighted by Gasteiger charge is -2.05. The highest BCUT2D eigenvalue weighted by Gasteiger charge is 2.06. The van der Waals surface area contributed by atoms with E-state index >= 15 is 0 Å². The third-order valence-corrected chi connectivity index (χ3v) is 2.64. The van der Waals surface area contributed by atoms with E-state index in [-0.39, 0.29) is 12.3 Å². The standard InChI is InChI=1S/C14H14N4O2/c15-10-3-6-12(17-8-10)7-13(19)18-11-4-1-9(2-5-11)14(16)20/h1-6,8H,7,15H2,(H2,16,20)(H,18,19). The van der Waals surface area contributed by atoms with E-state index in [0.717, 1.165) is 0 Å². The Hall–Kier alpha value is -2.89. The Kier molecular flexibility index (Phi) is 3.95. The molecule has 1 heterocycles. The second kappa shape index (κ2) is 5.83. The Balaban J connectivity index is 1.97. The van der Waals surface area contributed by atoms with Gasteiger partial charge in [-0.2, -0.15) is 0 Å². The van der Waals surface area contributed by atoms with E-state index in [1.807, 2.05) is 0 Å². The minimum absolute atomic E-state index is 0.151. The molecule has 20 heavy (non-hydrogen) atoms. The van der Waals surface area contributed by atoms with Gasteiger partial charge in [-0.25, -0.2) is 0 Å². The minimum Gasteiger partial charge on any atom is -0.397 e. The number of rotatable bonds is 4. The van der Waals surface area contributed by atoms with Gasteiger partial charge in [0.2, 0.25) is 11.8 Å². The molecule has 2 rings (SSSR count). The van der Waals surface area contributed by atoms with Crippen LogP contribution in [0.5, 0.6) is 0 Å². The fourth-order valence-corrected chi connectivity index (χ4v) is 1.63. The van der Waals surface area contributed by atoms with Crippen LogP contribution in [0.4, 0.5) is 11.4 Å². The number of aromatic nitrogens is 1. The quantitative estimate of drug-likeness (QED) is 0.767. The molecule has 5 N–H and O–H groups in total. The average Bonchev–Trinajstić information content (AvgIpc) is 2.42. The number of nitrogens with two attached hydrogens (primary N) is 2. The number of carbonyl (C=O) groups is 2. The van der Waals surface area contributed by atoms with E-state index < -0.39 is 5.91 Å². The number of nitrogens with one attached hydrogen (secondary N) is 1. The SMILES string of the molecule is NC(=O)c1ccc(NC(=O)Cc2ccc(N)cn2)cc1. The summed E-state index contributed by atoms with van der Waals surface area (Å²) in [6.07, 6.45) is 1.65. The number of hydrogen-bond acceptors (Lipinski definition) is 4. The number of primary amides is 1. The summed E-state index contributed by atoms with van der Waals surface area (Å²) in [5.74, 6) is -0.706. The smallest absolute Gasteiger partial charge is 0.248 e. The van der Waals surface area contributed by atoms with Gasteiger partial charge in [0.1, 0.15) is 0 Å². The molecule has 102 valence electrons. The van der Waals surface area contributed by atoms with Crippen molar-refractivity contribution in [1.29, 1.82) is 0 Å². The minimum atomic E-state index is -0.506. The summed E-state index contributed by atoms with van der Waals surface area (Å²) in [6.45, 7) is 0. The largest absolute Gasteiger partial charge is 0.397 e. The average molecular weight is 270 g/mol. The predicted octanol–water partition coefficient (Wildman–Crippen LogP) is 0.944. The maximum absolute atomic E-state index is 11.8. The topological polar surface area (TPSA) is 111 Å². The molecule has 0 saturated heterocycles. The van der Waals surface area contributed by atoms with Crippen LogP contribution in [-0.4, -0.2) is 16.8 Å². The summed E-state index contributed by atoms with van der Waals surface area (Å²) in [5, 5.41) is 2.71. The molecule has 2 aromatic rings. The summed E-state index contributed by atoms with van der Waals surface area (Å²) in [4.78, 5) is 26.8. The first-order chi connectivity index (χ1) is 9.54. The highest BCUT2D eigenvalue weighted by Crippen LogP contribution is 2.10. The molecule has 6 heteroatoms. The summed E-state index contributed by atoms with van der Waals surface area (Å²) in [7, 11) is 0. The van der Waals surface area contributed by atoms with Crippen LogP contribution in [0.3, 0.4) is 0 Å². The van der Waals surface area contributed by atoms with Gasteiger partial charge >= 0.3 is 0 Å². The highest BCUT2D eigenvalue weighted by atomic mass is 16.2. The molecule has 0 fully saturated rings. The maximum Gasteiger partial charge on any atom is 0.248 e. The van der Waals surface area contributed by atoms with Crippen LogP contribution in [0.2, 0.25) is 0 Å². The fraction of sp³-hybridized carbons (Fsp3) is 0.0714. The van der Waals surface area contributed by atoms with Gasteiger partial charge in [-0.3, -0.25) is 14.6 Å². The Bertz CT molecular complexity index is 621. The molecule has 0 unspecified atom stereocenters. The van der Waals surface area contributed by atoms with E-state index in [9.17, 15) is 9.59 Å². The van der Waals surface area contributed by atoms with Crippen LogP contribution in [0.1, 0.15) is 16.1 Å². The third-order valence-electron chi connectivity index (χ3n) is 2.64. The normalized spacial score (nSPS) is 10.0. The first kappa shape index (κ1) is 13.5. The van der Waals surface area contributed by atoms with E-state index in [4.69, 9.17) is 11.5 Å². The van der Waals surface area contributed by atoms with Gasteiger partial charge in [-0.1, -0.05) is 0 Å². The first-order valence-electron chi connectivity index (χ1n) is 5.95. The van der Waals surface area contributed by atoms with Crippen LogP contribution in [0.15, 0.2) is 42.6 Å². The number of hydrogen-bond donors (Lipinski definition) is 3. The molecular formula is C14H14N4O2. The van der Waals surface area contributed by atoms with E-state index in [0.29, 0.717) is 22.6 Å². The number of carbonyl (C=O) groups excluding carboxylic acids is 2. The molecule has 0 radical (unpaired) electrons. The van der Waals surface area contributed by atoms with E-state index in [1.165, 1.54) is 6.20 Å². The number of benzene rings is 1. The Morgan fingerprint density at radius 2 is 1.80 bits per heavy atom. The number of anilines is 2. The van der Waals surface area contributed by atoms with Gasteiger partial charge < -0.3 is 16.8 Å². The third kappa shape index (κ3) is 3.55. The van der Waals surface area contributed by atoms with Crippen LogP contribution in [0, 0.1) is 0 Å². The zero-order chi connectivity index (χ0) is 14.5. The molecule has 6 nitrogen and oxygen atoms in total. The van der Waals surface area contributed by atoms with Gasteiger partial charge in [0.15, 0.2) is 0 Å². The lowest BCUT2D eigenvalue weighted by molar-refractivity contribution is -0.115. The molecule has 1 aromatic heterocycles. The fourth-order valence-electron chi connectivity index (χ4n) is 1.63. The molecule has 1 aromatic carbocycles. The molecule has 0 aliphatic heterocycles. The van der Waals surface area contributed by atoms with Crippen molar-refractivity contribution in [2.24, 2.45) is 5.73 Å². The predicted molar refractivity (Wildman–Crippen MR) is 75.9 cm³/mol. The maximum atomic E-state index is 11.8. The summed E-state index contributed by atoms with van der Waals surface area (Å²) in [5.41, 5.74) is 12.8. The van der Waals surface area contributed by atoms with Crippen molar-refractivity contribution in [2.75, 3.05) is 11.1 Å². The molecular weight excluding hydrogens is 256 g/mol. The molecule has 2 amide bonds. The van der Waals surface area contributed by atoms with Crippen molar-refractivity contribution in [3.63, 3.8) is 0 Å². The lowest BCUT2D eigenvalue weighted by Crippen LogP contribution is -2.15. The van der Waals surface area contributed by atoms with E-state index in [1.54, 1.807) is 36.4 Å². The van der Waals surface area contributed by atoms with Crippen LogP contribution in [-0.2, 0) is 11.2 Å². The highest BCUT2D eigenvalue weighted by molar-refractivity contribution is 5.95. The van der Waals surface area contributed by atoms with Gasteiger partial charge in [0.05, 0.1) is 18.3 Å². The number of pyridine rings is 1. The summed E-state index contributed by atoms with van der Waals surface area (Å²) >= 11 is 0. The summed E-state index contributed by atoms with van der Waals surface area (Å²) in [6, 6.07) is 9.74. The van der Waals surface area contributed by atoms with Crippen molar-refractivity contribution in [3.8, 4) is 0 Å². The van der Waals surface area contributed by atoms with Crippen molar-refractivity contribution in [1.82, 2.24) is 4.98 Å². The van der Waals surface area contributed by atoms with Gasteiger partial charge in [-0.05, 0) is 36.4 Å². The van der Waals surface area contributed by atoms with Crippen molar-refractivity contribution >= 4 is 23.2 Å². The van der Waals surface area contributed by atoms with Crippen LogP contribution in [0.25, 0.3) is 0 Å². The Morgan fingerprint density at radius 1 is 1.10 bits per heavy atom. The summed E-state index contributed by atoms with van der Waals surface area (Å²) < 4.78 is 0.